The van der Waals surface area contributed by atoms with Gasteiger partial charge in [0, 0.05) is 0 Å². The maximum absolute atomic E-state index is 12.5. The Kier molecular flexibility index (Phi) is 10.1. The molecule has 4 atom stereocenters. The third-order valence-electron chi connectivity index (χ3n) is 4.71. The molecule has 1 aromatic rings. The lowest BCUT2D eigenvalue weighted by molar-refractivity contribution is -0.146. The number of ether oxygens (including phenoxy) is 3. The number of epoxide rings is 1. The summed E-state index contributed by atoms with van der Waals surface area (Å²) in [5.74, 6) is -3.06. The standard InChI is InChI=1S/C22H28N4O9/c1-4-33-21(31)17-16(35-17)20(30)26(10-11-27)25-19(29)14(3)23-18(28)13(2)24-22(32)34-12-15-8-6-5-7-9-15/h5-9,11,13-14,16-17H,4,10,12H2,1-3H3,(H,23,28)(H,24,32)(H,25,29)/t13-,14-,16+,17+/m0/s1. The highest BCUT2D eigenvalue weighted by Gasteiger charge is 2.53. The fourth-order valence-electron chi connectivity index (χ4n) is 2.76. The molecule has 1 saturated heterocycles. The van der Waals surface area contributed by atoms with Crippen LogP contribution in [-0.4, -0.2) is 78.5 Å². The van der Waals surface area contributed by atoms with Gasteiger partial charge in [-0.25, -0.2) is 14.6 Å². The van der Waals surface area contributed by atoms with Crippen LogP contribution in [0.5, 0.6) is 0 Å². The quantitative estimate of drug-likeness (QED) is 0.155. The lowest BCUT2D eigenvalue weighted by Gasteiger charge is -2.23. The topological polar surface area (TPSA) is 173 Å². The number of nitrogens with one attached hydrogen (secondary N) is 3. The van der Waals surface area contributed by atoms with E-state index in [0.717, 1.165) is 5.56 Å². The van der Waals surface area contributed by atoms with Gasteiger partial charge in [0.1, 0.15) is 25.0 Å². The zero-order valence-electron chi connectivity index (χ0n) is 19.5. The van der Waals surface area contributed by atoms with Gasteiger partial charge in [-0.2, -0.15) is 0 Å². The fraction of sp³-hybridized carbons (Fsp3) is 0.455. The minimum absolute atomic E-state index is 0.0160. The van der Waals surface area contributed by atoms with E-state index in [0.29, 0.717) is 11.3 Å². The minimum Gasteiger partial charge on any atom is -0.464 e. The van der Waals surface area contributed by atoms with Gasteiger partial charge in [0.25, 0.3) is 11.8 Å². The van der Waals surface area contributed by atoms with Crippen molar-refractivity contribution in [1.29, 1.82) is 0 Å². The van der Waals surface area contributed by atoms with Crippen molar-refractivity contribution in [2.24, 2.45) is 0 Å². The van der Waals surface area contributed by atoms with Crippen molar-refractivity contribution >= 4 is 36.1 Å². The van der Waals surface area contributed by atoms with E-state index in [9.17, 15) is 28.8 Å². The van der Waals surface area contributed by atoms with Gasteiger partial charge in [0.2, 0.25) is 5.91 Å². The van der Waals surface area contributed by atoms with Crippen LogP contribution in [0.3, 0.4) is 0 Å². The first-order valence-electron chi connectivity index (χ1n) is 10.8. The highest BCUT2D eigenvalue weighted by molar-refractivity contribution is 5.96. The summed E-state index contributed by atoms with van der Waals surface area (Å²) in [7, 11) is 0. The molecular formula is C22H28N4O9. The van der Waals surface area contributed by atoms with E-state index in [1.807, 2.05) is 6.07 Å². The number of esters is 1. The third-order valence-corrected chi connectivity index (χ3v) is 4.71. The normalized spacial score (nSPS) is 17.7. The van der Waals surface area contributed by atoms with Crippen molar-refractivity contribution < 1.29 is 43.0 Å². The van der Waals surface area contributed by atoms with Gasteiger partial charge >= 0.3 is 12.1 Å². The Morgan fingerprint density at radius 3 is 2.29 bits per heavy atom. The molecule has 13 heteroatoms. The first kappa shape index (κ1) is 27.2. The smallest absolute Gasteiger partial charge is 0.408 e. The number of carbonyl (C=O) groups is 6. The summed E-state index contributed by atoms with van der Waals surface area (Å²) in [5, 5.41) is 5.41. The van der Waals surface area contributed by atoms with Crippen molar-refractivity contribution in [2.45, 2.75) is 51.7 Å². The van der Waals surface area contributed by atoms with E-state index in [1.54, 1.807) is 31.2 Å². The van der Waals surface area contributed by atoms with E-state index >= 15 is 0 Å². The molecule has 1 heterocycles. The molecule has 1 aliphatic heterocycles. The summed E-state index contributed by atoms with van der Waals surface area (Å²) in [6.45, 7) is 3.94. The minimum atomic E-state index is -1.19. The molecule has 3 N–H and O–H groups in total. The first-order chi connectivity index (χ1) is 16.7. The van der Waals surface area contributed by atoms with Crippen molar-refractivity contribution in [3.8, 4) is 0 Å². The number of rotatable bonds is 11. The molecule has 0 saturated carbocycles. The molecule has 0 bridgehead atoms. The Morgan fingerprint density at radius 1 is 1.00 bits per heavy atom. The lowest BCUT2D eigenvalue weighted by atomic mass is 10.2. The van der Waals surface area contributed by atoms with E-state index in [-0.39, 0.29) is 13.2 Å². The molecule has 0 unspecified atom stereocenters. The SMILES string of the molecule is CCOC(=O)[C@@H]1O[C@H]1C(=O)N(CC=O)NC(=O)[C@H](C)NC(=O)[C@H](C)NC(=O)OCc1ccccc1. The first-order valence-corrected chi connectivity index (χ1v) is 10.8. The van der Waals surface area contributed by atoms with Crippen LogP contribution in [0, 0.1) is 0 Å². The van der Waals surface area contributed by atoms with Crippen LogP contribution >= 0.6 is 0 Å². The van der Waals surface area contributed by atoms with Crippen molar-refractivity contribution in [3.63, 3.8) is 0 Å². The number of carbonyl (C=O) groups excluding carboxylic acids is 6. The van der Waals surface area contributed by atoms with Crippen LogP contribution in [-0.2, 0) is 44.8 Å². The Hall–Kier alpha value is -4.00. The summed E-state index contributed by atoms with van der Waals surface area (Å²) in [6.07, 6.45) is -2.75. The maximum Gasteiger partial charge on any atom is 0.408 e. The van der Waals surface area contributed by atoms with Gasteiger partial charge < -0.3 is 29.6 Å². The summed E-state index contributed by atoms with van der Waals surface area (Å²) < 4.78 is 14.8. The second kappa shape index (κ2) is 13.0. The van der Waals surface area contributed by atoms with Gasteiger partial charge in [-0.15, -0.1) is 0 Å². The van der Waals surface area contributed by atoms with Gasteiger partial charge in [-0.3, -0.25) is 19.8 Å². The molecule has 35 heavy (non-hydrogen) atoms. The molecule has 1 fully saturated rings. The van der Waals surface area contributed by atoms with Crippen LogP contribution in [0.1, 0.15) is 26.3 Å². The van der Waals surface area contributed by atoms with E-state index < -0.39 is 60.6 Å². The molecule has 0 spiro atoms. The van der Waals surface area contributed by atoms with Gasteiger partial charge in [0.05, 0.1) is 13.2 Å². The van der Waals surface area contributed by atoms with E-state index in [1.165, 1.54) is 13.8 Å². The van der Waals surface area contributed by atoms with Crippen molar-refractivity contribution in [2.75, 3.05) is 13.2 Å². The third kappa shape index (κ3) is 8.37. The molecule has 1 aromatic carbocycles. The number of nitrogens with zero attached hydrogens (tertiary/aromatic N) is 1. The maximum atomic E-state index is 12.5. The van der Waals surface area contributed by atoms with Crippen molar-refractivity contribution in [1.82, 2.24) is 21.1 Å². The number of hydrogen-bond acceptors (Lipinski definition) is 9. The summed E-state index contributed by atoms with van der Waals surface area (Å²) >= 11 is 0. The van der Waals surface area contributed by atoms with Crippen LogP contribution in [0.2, 0.25) is 0 Å². The van der Waals surface area contributed by atoms with E-state index in [4.69, 9.17) is 14.2 Å². The summed E-state index contributed by atoms with van der Waals surface area (Å²) in [4.78, 5) is 71.8. The second-order valence-electron chi connectivity index (χ2n) is 7.48. The zero-order valence-corrected chi connectivity index (χ0v) is 19.5. The Bertz CT molecular complexity index is 940. The molecule has 1 aliphatic rings. The highest BCUT2D eigenvalue weighted by Crippen LogP contribution is 2.25. The fourth-order valence-corrected chi connectivity index (χ4v) is 2.76. The van der Waals surface area contributed by atoms with E-state index in [2.05, 4.69) is 16.1 Å². The monoisotopic (exact) mass is 492 g/mol. The number of amides is 4. The molecule has 4 amide bonds. The molecule has 13 nitrogen and oxygen atoms in total. The highest BCUT2D eigenvalue weighted by atomic mass is 16.6. The average Bonchev–Trinajstić information content (AvgIpc) is 3.64. The summed E-state index contributed by atoms with van der Waals surface area (Å²) in [5.41, 5.74) is 2.98. The Balaban J connectivity index is 1.81. The zero-order chi connectivity index (χ0) is 26.0. The number of benzene rings is 1. The predicted octanol–water partition coefficient (Wildman–Crippen LogP) is -0.805. The van der Waals surface area contributed by atoms with Crippen LogP contribution in [0.15, 0.2) is 30.3 Å². The number of hydrazine groups is 1. The Labute approximate surface area is 201 Å². The predicted molar refractivity (Wildman–Crippen MR) is 118 cm³/mol. The number of aldehydes is 1. The molecule has 0 aliphatic carbocycles. The van der Waals surface area contributed by atoms with Crippen LogP contribution < -0.4 is 16.1 Å². The lowest BCUT2D eigenvalue weighted by Crippen LogP contribution is -2.56. The largest absolute Gasteiger partial charge is 0.464 e. The average molecular weight is 492 g/mol. The Morgan fingerprint density at radius 2 is 1.66 bits per heavy atom. The molecular weight excluding hydrogens is 464 g/mol. The number of alkyl carbamates (subject to hydrolysis) is 1. The van der Waals surface area contributed by atoms with Gasteiger partial charge in [-0.1, -0.05) is 30.3 Å². The van der Waals surface area contributed by atoms with Gasteiger partial charge in [-0.05, 0) is 26.3 Å². The van der Waals surface area contributed by atoms with Crippen LogP contribution in [0.25, 0.3) is 0 Å². The van der Waals surface area contributed by atoms with Gasteiger partial charge in [0.15, 0.2) is 12.2 Å². The second-order valence-corrected chi connectivity index (χ2v) is 7.48. The number of hydrogen-bond donors (Lipinski definition) is 3. The molecule has 2 rings (SSSR count). The summed E-state index contributed by atoms with van der Waals surface area (Å²) in [6, 6.07) is 6.77. The van der Waals surface area contributed by atoms with Crippen molar-refractivity contribution in [3.05, 3.63) is 35.9 Å². The molecule has 0 radical (unpaired) electrons. The molecule has 190 valence electrons. The van der Waals surface area contributed by atoms with Crippen LogP contribution in [0.4, 0.5) is 4.79 Å². The molecule has 0 aromatic heterocycles.